The van der Waals surface area contributed by atoms with Crippen molar-refractivity contribution in [1.29, 1.82) is 0 Å². The summed E-state index contributed by atoms with van der Waals surface area (Å²) in [5.41, 5.74) is 1.58. The molecule has 0 aromatic heterocycles. The van der Waals surface area contributed by atoms with Gasteiger partial charge in [-0.1, -0.05) is 11.6 Å². The SMILES string of the molecule is COc1ccc(C)cc1C(=O)N1CC(CO)C(CN(C)CCO)C1. The zero-order valence-electron chi connectivity index (χ0n) is 14.7. The van der Waals surface area contributed by atoms with Crippen LogP contribution in [0.4, 0.5) is 0 Å². The molecule has 1 aromatic carbocycles. The maximum absolute atomic E-state index is 12.9. The molecular weight excluding hydrogens is 308 g/mol. The van der Waals surface area contributed by atoms with Crippen molar-refractivity contribution >= 4 is 5.91 Å². The molecule has 0 aliphatic carbocycles. The molecule has 0 radical (unpaired) electrons. The van der Waals surface area contributed by atoms with Crippen LogP contribution in [0.25, 0.3) is 0 Å². The molecule has 24 heavy (non-hydrogen) atoms. The third-order valence-electron chi connectivity index (χ3n) is 4.71. The van der Waals surface area contributed by atoms with Gasteiger partial charge in [0.25, 0.3) is 5.91 Å². The predicted molar refractivity (Wildman–Crippen MR) is 92.3 cm³/mol. The fraction of sp³-hybridized carbons (Fsp3) is 0.611. The summed E-state index contributed by atoms with van der Waals surface area (Å²) < 4.78 is 5.32. The first-order chi connectivity index (χ1) is 11.5. The zero-order chi connectivity index (χ0) is 17.7. The highest BCUT2D eigenvalue weighted by molar-refractivity contribution is 5.97. The Labute approximate surface area is 143 Å². The minimum Gasteiger partial charge on any atom is -0.496 e. The molecule has 6 heteroatoms. The van der Waals surface area contributed by atoms with Crippen molar-refractivity contribution in [2.24, 2.45) is 11.8 Å². The minimum absolute atomic E-state index is 0.0543. The maximum atomic E-state index is 12.9. The summed E-state index contributed by atoms with van der Waals surface area (Å²) in [6.45, 7) is 4.61. The van der Waals surface area contributed by atoms with Gasteiger partial charge in [-0.2, -0.15) is 0 Å². The number of hydrogen-bond acceptors (Lipinski definition) is 5. The second-order valence-corrected chi connectivity index (χ2v) is 6.60. The first-order valence-electron chi connectivity index (χ1n) is 8.34. The van der Waals surface area contributed by atoms with Crippen molar-refractivity contribution in [1.82, 2.24) is 9.80 Å². The van der Waals surface area contributed by atoms with Crippen LogP contribution in [0, 0.1) is 18.8 Å². The summed E-state index contributed by atoms with van der Waals surface area (Å²) in [6.07, 6.45) is 0. The highest BCUT2D eigenvalue weighted by atomic mass is 16.5. The number of rotatable bonds is 7. The molecule has 0 spiro atoms. The maximum Gasteiger partial charge on any atom is 0.257 e. The van der Waals surface area contributed by atoms with Crippen molar-refractivity contribution in [2.45, 2.75) is 6.92 Å². The second-order valence-electron chi connectivity index (χ2n) is 6.60. The number of likely N-dealkylation sites (tertiary alicyclic amines) is 1. The first kappa shape index (κ1) is 18.7. The molecule has 1 saturated heterocycles. The van der Waals surface area contributed by atoms with E-state index in [1.54, 1.807) is 12.0 Å². The standard InChI is InChI=1S/C18H28N2O4/c1-13-4-5-17(24-3)16(8-13)18(23)20-10-14(15(11-20)12-22)9-19(2)6-7-21/h4-5,8,14-15,21-22H,6-7,9-12H2,1-3H3. The van der Waals surface area contributed by atoms with Crippen LogP contribution >= 0.6 is 0 Å². The Morgan fingerprint density at radius 2 is 2.04 bits per heavy atom. The van der Waals surface area contributed by atoms with Gasteiger partial charge in [-0.3, -0.25) is 4.79 Å². The fourth-order valence-corrected chi connectivity index (χ4v) is 3.34. The molecule has 2 atom stereocenters. The van der Waals surface area contributed by atoms with E-state index in [-0.39, 0.29) is 31.0 Å². The molecule has 2 rings (SSSR count). The molecule has 1 aliphatic rings. The number of carbonyl (C=O) groups excluding carboxylic acids is 1. The second kappa shape index (κ2) is 8.46. The van der Waals surface area contributed by atoms with E-state index in [9.17, 15) is 9.90 Å². The van der Waals surface area contributed by atoms with Crippen LogP contribution in [0.5, 0.6) is 5.75 Å². The largest absolute Gasteiger partial charge is 0.496 e. The van der Waals surface area contributed by atoms with Crippen LogP contribution in [0.1, 0.15) is 15.9 Å². The van der Waals surface area contributed by atoms with Crippen molar-refractivity contribution in [3.05, 3.63) is 29.3 Å². The van der Waals surface area contributed by atoms with Gasteiger partial charge in [-0.25, -0.2) is 0 Å². The average molecular weight is 336 g/mol. The fourth-order valence-electron chi connectivity index (χ4n) is 3.34. The number of aliphatic hydroxyl groups excluding tert-OH is 2. The molecule has 1 amide bonds. The molecule has 0 bridgehead atoms. The minimum atomic E-state index is -0.0543. The predicted octanol–water partition coefficient (Wildman–Crippen LogP) is 0.608. The number of aryl methyl sites for hydroxylation is 1. The molecule has 1 fully saturated rings. The Kier molecular flexibility index (Phi) is 6.60. The van der Waals surface area contributed by atoms with Gasteiger partial charge in [-0.05, 0) is 32.0 Å². The highest BCUT2D eigenvalue weighted by Crippen LogP contribution is 2.28. The van der Waals surface area contributed by atoms with Gasteiger partial charge in [0.15, 0.2) is 0 Å². The van der Waals surface area contributed by atoms with Gasteiger partial charge < -0.3 is 24.7 Å². The molecule has 1 heterocycles. The Balaban J connectivity index is 2.12. The van der Waals surface area contributed by atoms with E-state index in [0.717, 1.165) is 12.1 Å². The van der Waals surface area contributed by atoms with Gasteiger partial charge in [0, 0.05) is 38.7 Å². The van der Waals surface area contributed by atoms with Gasteiger partial charge in [0.2, 0.25) is 0 Å². The number of amides is 1. The van der Waals surface area contributed by atoms with Gasteiger partial charge >= 0.3 is 0 Å². The monoisotopic (exact) mass is 336 g/mol. The smallest absolute Gasteiger partial charge is 0.257 e. The lowest BCUT2D eigenvalue weighted by Gasteiger charge is -2.23. The van der Waals surface area contributed by atoms with Crippen LogP contribution in [0.2, 0.25) is 0 Å². The van der Waals surface area contributed by atoms with E-state index in [1.165, 1.54) is 0 Å². The molecule has 1 aromatic rings. The lowest BCUT2D eigenvalue weighted by atomic mass is 9.96. The van der Waals surface area contributed by atoms with E-state index >= 15 is 0 Å². The number of aliphatic hydroxyl groups is 2. The van der Waals surface area contributed by atoms with Gasteiger partial charge in [-0.15, -0.1) is 0 Å². The van der Waals surface area contributed by atoms with Crippen LogP contribution in [-0.4, -0.2) is 79.5 Å². The van der Waals surface area contributed by atoms with E-state index in [2.05, 4.69) is 0 Å². The third kappa shape index (κ3) is 4.26. The zero-order valence-corrected chi connectivity index (χ0v) is 14.7. The molecule has 2 N–H and O–H groups in total. The lowest BCUT2D eigenvalue weighted by molar-refractivity contribution is 0.0775. The summed E-state index contributed by atoms with van der Waals surface area (Å²) in [4.78, 5) is 16.7. The number of carbonyl (C=O) groups is 1. The normalized spacial score (nSPS) is 20.7. The molecular formula is C18H28N2O4. The summed E-state index contributed by atoms with van der Waals surface area (Å²) in [5, 5.41) is 18.7. The van der Waals surface area contributed by atoms with E-state index in [0.29, 0.717) is 30.9 Å². The quantitative estimate of drug-likeness (QED) is 0.763. The Morgan fingerprint density at radius 1 is 1.33 bits per heavy atom. The molecule has 2 unspecified atom stereocenters. The number of benzene rings is 1. The summed E-state index contributed by atoms with van der Waals surface area (Å²) in [7, 11) is 3.51. The summed E-state index contributed by atoms with van der Waals surface area (Å²) in [5.74, 6) is 0.783. The average Bonchev–Trinajstić information content (AvgIpc) is 2.97. The highest BCUT2D eigenvalue weighted by Gasteiger charge is 2.36. The van der Waals surface area contributed by atoms with Crippen molar-refractivity contribution in [3.63, 3.8) is 0 Å². The van der Waals surface area contributed by atoms with Crippen LogP contribution in [0.3, 0.4) is 0 Å². The Bertz CT molecular complexity index is 564. The Morgan fingerprint density at radius 3 is 2.67 bits per heavy atom. The van der Waals surface area contributed by atoms with Crippen molar-refractivity contribution in [2.75, 3.05) is 53.6 Å². The number of hydrogen-bond donors (Lipinski definition) is 2. The van der Waals surface area contributed by atoms with E-state index in [4.69, 9.17) is 9.84 Å². The van der Waals surface area contributed by atoms with Crippen LogP contribution in [-0.2, 0) is 0 Å². The summed E-state index contributed by atoms with van der Waals surface area (Å²) >= 11 is 0. The number of likely N-dealkylation sites (N-methyl/N-ethyl adjacent to an activating group) is 1. The van der Waals surface area contributed by atoms with Crippen molar-refractivity contribution in [3.8, 4) is 5.75 Å². The topological polar surface area (TPSA) is 73.2 Å². The first-order valence-corrected chi connectivity index (χ1v) is 8.34. The molecule has 1 aliphatic heterocycles. The number of methoxy groups -OCH3 is 1. The van der Waals surface area contributed by atoms with Gasteiger partial charge in [0.05, 0.1) is 19.3 Å². The third-order valence-corrected chi connectivity index (χ3v) is 4.71. The van der Waals surface area contributed by atoms with Crippen LogP contribution < -0.4 is 4.74 Å². The van der Waals surface area contributed by atoms with Gasteiger partial charge in [0.1, 0.15) is 5.75 Å². The van der Waals surface area contributed by atoms with E-state index in [1.807, 2.05) is 37.1 Å². The number of nitrogens with zero attached hydrogens (tertiary/aromatic N) is 2. The van der Waals surface area contributed by atoms with Crippen LogP contribution in [0.15, 0.2) is 18.2 Å². The lowest BCUT2D eigenvalue weighted by Crippen LogP contribution is -2.33. The molecule has 134 valence electrons. The molecule has 0 saturated carbocycles. The van der Waals surface area contributed by atoms with Crippen molar-refractivity contribution < 1.29 is 19.7 Å². The molecule has 6 nitrogen and oxygen atoms in total. The Hall–Kier alpha value is -1.63. The van der Waals surface area contributed by atoms with E-state index < -0.39 is 0 Å². The summed E-state index contributed by atoms with van der Waals surface area (Å²) in [6, 6.07) is 5.58. The number of ether oxygens (including phenoxy) is 1.